The molecule has 10 heavy (non-hydrogen) atoms. The molecule has 0 amide bonds. The van der Waals surface area contributed by atoms with E-state index in [9.17, 15) is 0 Å². The molecule has 1 N–H and O–H groups in total. The topological polar surface area (TPSA) is 42.7 Å². The van der Waals surface area contributed by atoms with Crippen LogP contribution >= 0.6 is 0 Å². The standard InChI is InChI=1S/C6H10N4/c1-5-6-8-4-9-10(6)3-2-7-5/h4-5,7H,2-3H2,1H3. The Morgan fingerprint density at radius 3 is 3.50 bits per heavy atom. The van der Waals surface area contributed by atoms with Crippen LogP contribution in [0.2, 0.25) is 0 Å². The smallest absolute Gasteiger partial charge is 0.143 e. The summed E-state index contributed by atoms with van der Waals surface area (Å²) in [5.74, 6) is 1.05. The fraction of sp³-hybridized carbons (Fsp3) is 0.667. The van der Waals surface area contributed by atoms with Gasteiger partial charge in [-0.15, -0.1) is 0 Å². The van der Waals surface area contributed by atoms with E-state index in [0.717, 1.165) is 18.9 Å². The van der Waals surface area contributed by atoms with Crippen LogP contribution < -0.4 is 5.32 Å². The van der Waals surface area contributed by atoms with Crippen LogP contribution in [0.3, 0.4) is 0 Å². The number of hydrogen-bond donors (Lipinski definition) is 1. The van der Waals surface area contributed by atoms with Crippen LogP contribution in [-0.2, 0) is 6.54 Å². The van der Waals surface area contributed by atoms with Gasteiger partial charge in [-0.25, -0.2) is 9.67 Å². The number of nitrogens with zero attached hydrogens (tertiary/aromatic N) is 3. The second kappa shape index (κ2) is 2.05. The van der Waals surface area contributed by atoms with E-state index < -0.39 is 0 Å². The summed E-state index contributed by atoms with van der Waals surface area (Å²) in [5, 5.41) is 7.37. The molecule has 1 aromatic heterocycles. The average Bonchev–Trinajstić information content (AvgIpc) is 2.36. The Bertz CT molecular complexity index is 229. The molecular weight excluding hydrogens is 128 g/mol. The van der Waals surface area contributed by atoms with Crippen LogP contribution in [0.25, 0.3) is 0 Å². The van der Waals surface area contributed by atoms with E-state index in [1.807, 2.05) is 4.68 Å². The molecular formula is C6H10N4. The normalized spacial score (nSPS) is 24.3. The van der Waals surface area contributed by atoms with Gasteiger partial charge in [0.25, 0.3) is 0 Å². The Kier molecular flexibility index (Phi) is 1.20. The zero-order valence-electron chi connectivity index (χ0n) is 5.91. The Morgan fingerprint density at radius 2 is 2.70 bits per heavy atom. The van der Waals surface area contributed by atoms with Crippen molar-refractivity contribution in [3.63, 3.8) is 0 Å². The van der Waals surface area contributed by atoms with Gasteiger partial charge in [0.1, 0.15) is 12.2 Å². The highest BCUT2D eigenvalue weighted by atomic mass is 15.4. The third kappa shape index (κ3) is 0.724. The zero-order valence-corrected chi connectivity index (χ0v) is 5.91. The quantitative estimate of drug-likeness (QED) is 0.546. The molecule has 1 atom stereocenters. The van der Waals surface area contributed by atoms with Crippen molar-refractivity contribution >= 4 is 0 Å². The van der Waals surface area contributed by atoms with Crippen molar-refractivity contribution in [2.75, 3.05) is 6.54 Å². The molecule has 54 valence electrons. The minimum atomic E-state index is 0.358. The Balaban J connectivity index is 2.41. The fourth-order valence-electron chi connectivity index (χ4n) is 1.26. The fourth-order valence-corrected chi connectivity index (χ4v) is 1.26. The molecule has 0 spiro atoms. The summed E-state index contributed by atoms with van der Waals surface area (Å²) in [7, 11) is 0. The van der Waals surface area contributed by atoms with Gasteiger partial charge in [0.05, 0.1) is 12.6 Å². The minimum Gasteiger partial charge on any atom is -0.306 e. The molecule has 1 aliphatic heterocycles. The highest BCUT2D eigenvalue weighted by Crippen LogP contribution is 2.10. The van der Waals surface area contributed by atoms with Crippen LogP contribution in [0, 0.1) is 0 Å². The summed E-state index contributed by atoms with van der Waals surface area (Å²) in [6.45, 7) is 4.04. The van der Waals surface area contributed by atoms with Crippen molar-refractivity contribution in [1.82, 2.24) is 20.1 Å². The number of nitrogens with one attached hydrogen (secondary N) is 1. The van der Waals surface area contributed by atoms with Crippen molar-refractivity contribution in [2.45, 2.75) is 19.5 Å². The molecule has 4 heteroatoms. The van der Waals surface area contributed by atoms with Crippen LogP contribution in [0.5, 0.6) is 0 Å². The van der Waals surface area contributed by atoms with Gasteiger partial charge in [-0.05, 0) is 6.92 Å². The van der Waals surface area contributed by atoms with Gasteiger partial charge in [0.2, 0.25) is 0 Å². The summed E-state index contributed by atoms with van der Waals surface area (Å²) < 4.78 is 1.95. The van der Waals surface area contributed by atoms with Gasteiger partial charge >= 0.3 is 0 Å². The molecule has 0 fully saturated rings. The SMILES string of the molecule is CC1NCCn2ncnc21. The van der Waals surface area contributed by atoms with Crippen LogP contribution in [0.15, 0.2) is 6.33 Å². The lowest BCUT2D eigenvalue weighted by Gasteiger charge is -2.19. The first-order valence-corrected chi connectivity index (χ1v) is 3.49. The summed E-state index contributed by atoms with van der Waals surface area (Å²) in [6.07, 6.45) is 1.61. The molecule has 1 aliphatic rings. The first-order valence-electron chi connectivity index (χ1n) is 3.49. The van der Waals surface area contributed by atoms with E-state index in [2.05, 4.69) is 22.3 Å². The summed E-state index contributed by atoms with van der Waals surface area (Å²) >= 11 is 0. The zero-order chi connectivity index (χ0) is 6.97. The second-order valence-corrected chi connectivity index (χ2v) is 2.52. The maximum Gasteiger partial charge on any atom is 0.143 e. The van der Waals surface area contributed by atoms with Gasteiger partial charge in [0, 0.05) is 6.54 Å². The summed E-state index contributed by atoms with van der Waals surface area (Å²) in [4.78, 5) is 4.13. The van der Waals surface area contributed by atoms with Crippen molar-refractivity contribution < 1.29 is 0 Å². The van der Waals surface area contributed by atoms with Crippen molar-refractivity contribution in [3.8, 4) is 0 Å². The van der Waals surface area contributed by atoms with Crippen molar-refractivity contribution in [3.05, 3.63) is 12.2 Å². The Labute approximate surface area is 59.3 Å². The van der Waals surface area contributed by atoms with Crippen LogP contribution in [0.4, 0.5) is 0 Å². The molecule has 2 heterocycles. The lowest BCUT2D eigenvalue weighted by molar-refractivity contribution is 0.411. The molecule has 0 aromatic carbocycles. The molecule has 4 nitrogen and oxygen atoms in total. The Morgan fingerprint density at radius 1 is 1.80 bits per heavy atom. The highest BCUT2D eigenvalue weighted by molar-refractivity contribution is 4.94. The van der Waals surface area contributed by atoms with Gasteiger partial charge in [-0.3, -0.25) is 0 Å². The predicted octanol–water partition coefficient (Wildman–Crippen LogP) is -0.0577. The second-order valence-electron chi connectivity index (χ2n) is 2.52. The molecule has 2 rings (SSSR count). The van der Waals surface area contributed by atoms with Gasteiger partial charge < -0.3 is 5.32 Å². The lowest BCUT2D eigenvalue weighted by atomic mass is 10.3. The lowest BCUT2D eigenvalue weighted by Crippen LogP contribution is -2.32. The average molecular weight is 138 g/mol. The van der Waals surface area contributed by atoms with Gasteiger partial charge in [-0.2, -0.15) is 5.10 Å². The van der Waals surface area contributed by atoms with Crippen LogP contribution in [0.1, 0.15) is 18.8 Å². The molecule has 1 aromatic rings. The maximum atomic E-state index is 4.13. The van der Waals surface area contributed by atoms with Crippen molar-refractivity contribution in [2.24, 2.45) is 0 Å². The molecule has 0 saturated carbocycles. The highest BCUT2D eigenvalue weighted by Gasteiger charge is 2.16. The third-order valence-electron chi connectivity index (χ3n) is 1.81. The van der Waals surface area contributed by atoms with E-state index in [0.29, 0.717) is 6.04 Å². The van der Waals surface area contributed by atoms with E-state index in [-0.39, 0.29) is 0 Å². The van der Waals surface area contributed by atoms with Gasteiger partial charge in [0.15, 0.2) is 0 Å². The monoisotopic (exact) mass is 138 g/mol. The summed E-state index contributed by atoms with van der Waals surface area (Å²) in [6, 6.07) is 0.358. The minimum absolute atomic E-state index is 0.358. The number of hydrogen-bond acceptors (Lipinski definition) is 3. The van der Waals surface area contributed by atoms with Crippen molar-refractivity contribution in [1.29, 1.82) is 0 Å². The molecule has 0 saturated heterocycles. The first kappa shape index (κ1) is 5.85. The number of fused-ring (bicyclic) bond motifs is 1. The van der Waals surface area contributed by atoms with Gasteiger partial charge in [-0.1, -0.05) is 0 Å². The number of rotatable bonds is 0. The Hall–Kier alpha value is -0.900. The maximum absolute atomic E-state index is 4.13. The molecule has 1 unspecified atom stereocenters. The predicted molar refractivity (Wildman–Crippen MR) is 36.4 cm³/mol. The van der Waals surface area contributed by atoms with Crippen LogP contribution in [-0.4, -0.2) is 21.3 Å². The molecule has 0 aliphatic carbocycles. The molecule has 0 bridgehead atoms. The largest absolute Gasteiger partial charge is 0.306 e. The summed E-state index contributed by atoms with van der Waals surface area (Å²) in [5.41, 5.74) is 0. The van der Waals surface area contributed by atoms with E-state index in [4.69, 9.17) is 0 Å². The first-order chi connectivity index (χ1) is 4.88. The van der Waals surface area contributed by atoms with E-state index in [1.54, 1.807) is 6.33 Å². The molecule has 0 radical (unpaired) electrons. The number of aromatic nitrogens is 3. The third-order valence-corrected chi connectivity index (χ3v) is 1.81. The van der Waals surface area contributed by atoms with E-state index >= 15 is 0 Å². The van der Waals surface area contributed by atoms with E-state index in [1.165, 1.54) is 0 Å².